The van der Waals surface area contributed by atoms with Crippen LogP contribution in [0.5, 0.6) is 0 Å². The van der Waals surface area contributed by atoms with Crippen molar-refractivity contribution < 1.29 is 14.7 Å². The van der Waals surface area contributed by atoms with Crippen molar-refractivity contribution in [2.75, 3.05) is 6.54 Å². The average Bonchev–Trinajstić information content (AvgIpc) is 2.29. The SMILES string of the molecule is CCCN(C(C)=O)C(C(=O)O)c1ccccc1. The van der Waals surface area contributed by atoms with Crippen LogP contribution < -0.4 is 0 Å². The minimum Gasteiger partial charge on any atom is -0.479 e. The Bertz CT molecular complexity index is 389. The highest BCUT2D eigenvalue weighted by Crippen LogP contribution is 2.21. The average molecular weight is 235 g/mol. The topological polar surface area (TPSA) is 57.6 Å². The van der Waals surface area contributed by atoms with Crippen LogP contribution in [0.1, 0.15) is 31.9 Å². The fraction of sp³-hybridized carbons (Fsp3) is 0.385. The smallest absolute Gasteiger partial charge is 0.331 e. The van der Waals surface area contributed by atoms with E-state index in [0.717, 1.165) is 6.42 Å². The molecule has 0 bridgehead atoms. The molecule has 0 aliphatic carbocycles. The molecule has 0 spiro atoms. The molecule has 0 saturated heterocycles. The van der Waals surface area contributed by atoms with Crippen LogP contribution in [0.4, 0.5) is 0 Å². The van der Waals surface area contributed by atoms with Crippen LogP contribution in [0.15, 0.2) is 30.3 Å². The van der Waals surface area contributed by atoms with Gasteiger partial charge in [-0.05, 0) is 12.0 Å². The lowest BCUT2D eigenvalue weighted by Crippen LogP contribution is -2.38. The van der Waals surface area contributed by atoms with E-state index < -0.39 is 12.0 Å². The third-order valence-electron chi connectivity index (χ3n) is 2.53. The van der Waals surface area contributed by atoms with Crippen LogP contribution in [0.3, 0.4) is 0 Å². The molecule has 0 aliphatic heterocycles. The minimum absolute atomic E-state index is 0.219. The van der Waals surface area contributed by atoms with Gasteiger partial charge in [0.25, 0.3) is 0 Å². The Morgan fingerprint density at radius 3 is 2.29 bits per heavy atom. The molecule has 0 radical (unpaired) electrons. The summed E-state index contributed by atoms with van der Waals surface area (Å²) in [6.07, 6.45) is 0.732. The Balaban J connectivity index is 3.07. The van der Waals surface area contributed by atoms with E-state index in [0.29, 0.717) is 12.1 Å². The summed E-state index contributed by atoms with van der Waals surface area (Å²) in [5.74, 6) is -1.22. The molecular weight excluding hydrogens is 218 g/mol. The predicted molar refractivity (Wildman–Crippen MR) is 64.5 cm³/mol. The van der Waals surface area contributed by atoms with E-state index in [2.05, 4.69) is 0 Å². The number of carboxylic acid groups (broad SMARTS) is 1. The number of carbonyl (C=O) groups is 2. The lowest BCUT2D eigenvalue weighted by atomic mass is 10.1. The van der Waals surface area contributed by atoms with Crippen molar-refractivity contribution in [3.05, 3.63) is 35.9 Å². The van der Waals surface area contributed by atoms with Crippen molar-refractivity contribution in [1.82, 2.24) is 4.90 Å². The molecule has 1 unspecified atom stereocenters. The van der Waals surface area contributed by atoms with Gasteiger partial charge < -0.3 is 10.0 Å². The van der Waals surface area contributed by atoms with Gasteiger partial charge in [-0.2, -0.15) is 0 Å². The quantitative estimate of drug-likeness (QED) is 0.850. The normalized spacial score (nSPS) is 11.9. The first-order valence-electron chi connectivity index (χ1n) is 5.63. The maximum absolute atomic E-state index is 11.5. The molecule has 0 aliphatic rings. The highest BCUT2D eigenvalue weighted by atomic mass is 16.4. The molecule has 17 heavy (non-hydrogen) atoms. The van der Waals surface area contributed by atoms with Gasteiger partial charge in [-0.1, -0.05) is 37.3 Å². The Kier molecular flexibility index (Phi) is 4.69. The van der Waals surface area contributed by atoms with Crippen LogP contribution in [0.25, 0.3) is 0 Å². The molecular formula is C13H17NO3. The monoisotopic (exact) mass is 235 g/mol. The van der Waals surface area contributed by atoms with Gasteiger partial charge in [0.15, 0.2) is 6.04 Å². The zero-order valence-electron chi connectivity index (χ0n) is 10.1. The molecule has 0 heterocycles. The second-order valence-electron chi connectivity index (χ2n) is 3.86. The molecule has 4 nitrogen and oxygen atoms in total. The molecule has 1 aromatic rings. The van der Waals surface area contributed by atoms with E-state index in [9.17, 15) is 14.7 Å². The van der Waals surface area contributed by atoms with E-state index in [1.165, 1.54) is 11.8 Å². The predicted octanol–water partition coefficient (Wildman–Crippen LogP) is 2.07. The summed E-state index contributed by atoms with van der Waals surface area (Å²) in [6.45, 7) is 3.76. The number of carbonyl (C=O) groups excluding carboxylic acids is 1. The van der Waals surface area contributed by atoms with Gasteiger partial charge in [0.05, 0.1) is 0 Å². The van der Waals surface area contributed by atoms with Gasteiger partial charge in [-0.25, -0.2) is 4.79 Å². The van der Waals surface area contributed by atoms with Crippen molar-refractivity contribution >= 4 is 11.9 Å². The van der Waals surface area contributed by atoms with Crippen LogP contribution in [0, 0.1) is 0 Å². The number of rotatable bonds is 5. The number of carboxylic acids is 1. The van der Waals surface area contributed by atoms with Gasteiger partial charge >= 0.3 is 5.97 Å². The third-order valence-corrected chi connectivity index (χ3v) is 2.53. The Labute approximate surface area is 101 Å². The van der Waals surface area contributed by atoms with E-state index in [1.54, 1.807) is 24.3 Å². The molecule has 92 valence electrons. The molecule has 0 fully saturated rings. The number of nitrogens with zero attached hydrogens (tertiary/aromatic N) is 1. The maximum Gasteiger partial charge on any atom is 0.331 e. The minimum atomic E-state index is -1.00. The van der Waals surface area contributed by atoms with Crippen molar-refractivity contribution in [1.29, 1.82) is 0 Å². The van der Waals surface area contributed by atoms with E-state index >= 15 is 0 Å². The molecule has 0 aromatic heterocycles. The van der Waals surface area contributed by atoms with Crippen LogP contribution >= 0.6 is 0 Å². The zero-order valence-corrected chi connectivity index (χ0v) is 10.1. The van der Waals surface area contributed by atoms with Gasteiger partial charge in [0, 0.05) is 13.5 Å². The maximum atomic E-state index is 11.5. The number of aliphatic carboxylic acids is 1. The standard InChI is InChI=1S/C13H17NO3/c1-3-9-14(10(2)15)12(13(16)17)11-7-5-4-6-8-11/h4-8,12H,3,9H2,1-2H3,(H,16,17). The van der Waals surface area contributed by atoms with Crippen molar-refractivity contribution in [2.45, 2.75) is 26.3 Å². The summed E-state index contributed by atoms with van der Waals surface area (Å²) in [5, 5.41) is 9.28. The Hall–Kier alpha value is -1.84. The van der Waals surface area contributed by atoms with Crippen molar-refractivity contribution in [3.63, 3.8) is 0 Å². The third kappa shape index (κ3) is 3.31. The molecule has 1 amide bonds. The van der Waals surface area contributed by atoms with Crippen molar-refractivity contribution in [3.8, 4) is 0 Å². The number of benzene rings is 1. The Morgan fingerprint density at radius 1 is 1.29 bits per heavy atom. The Morgan fingerprint density at radius 2 is 1.88 bits per heavy atom. The second kappa shape index (κ2) is 6.03. The first kappa shape index (κ1) is 13.2. The number of hydrogen-bond donors (Lipinski definition) is 1. The zero-order chi connectivity index (χ0) is 12.8. The largest absolute Gasteiger partial charge is 0.479 e. The molecule has 1 N–H and O–H groups in total. The van der Waals surface area contributed by atoms with Crippen LogP contribution in [-0.2, 0) is 9.59 Å². The fourth-order valence-corrected chi connectivity index (χ4v) is 1.80. The second-order valence-corrected chi connectivity index (χ2v) is 3.86. The number of hydrogen-bond acceptors (Lipinski definition) is 2. The lowest BCUT2D eigenvalue weighted by molar-refractivity contribution is -0.149. The summed E-state index contributed by atoms with van der Waals surface area (Å²) in [5.41, 5.74) is 0.628. The summed E-state index contributed by atoms with van der Waals surface area (Å²) in [4.78, 5) is 24.2. The first-order chi connectivity index (χ1) is 8.07. The molecule has 1 atom stereocenters. The van der Waals surface area contributed by atoms with E-state index in [1.807, 2.05) is 13.0 Å². The molecule has 0 saturated carbocycles. The highest BCUT2D eigenvalue weighted by Gasteiger charge is 2.28. The van der Waals surface area contributed by atoms with Crippen LogP contribution in [0.2, 0.25) is 0 Å². The molecule has 1 rings (SSSR count). The summed E-state index contributed by atoms with van der Waals surface area (Å²) < 4.78 is 0. The van der Waals surface area contributed by atoms with Crippen molar-refractivity contribution in [2.24, 2.45) is 0 Å². The first-order valence-corrected chi connectivity index (χ1v) is 5.63. The molecule has 4 heteroatoms. The molecule has 1 aromatic carbocycles. The summed E-state index contributed by atoms with van der Waals surface area (Å²) >= 11 is 0. The van der Waals surface area contributed by atoms with Crippen LogP contribution in [-0.4, -0.2) is 28.4 Å². The van der Waals surface area contributed by atoms with E-state index in [4.69, 9.17) is 0 Å². The van der Waals surface area contributed by atoms with Gasteiger partial charge in [-0.3, -0.25) is 4.79 Å². The van der Waals surface area contributed by atoms with E-state index in [-0.39, 0.29) is 5.91 Å². The summed E-state index contributed by atoms with van der Waals surface area (Å²) in [7, 11) is 0. The highest BCUT2D eigenvalue weighted by molar-refractivity contribution is 5.83. The van der Waals surface area contributed by atoms with Gasteiger partial charge in [-0.15, -0.1) is 0 Å². The fourth-order valence-electron chi connectivity index (χ4n) is 1.80. The lowest BCUT2D eigenvalue weighted by Gasteiger charge is -2.27. The summed E-state index contributed by atoms with van der Waals surface area (Å²) in [6, 6.07) is 7.92. The number of amides is 1. The van der Waals surface area contributed by atoms with Gasteiger partial charge in [0.2, 0.25) is 5.91 Å². The van der Waals surface area contributed by atoms with Gasteiger partial charge in [0.1, 0.15) is 0 Å².